The molecule has 0 heterocycles. The van der Waals surface area contributed by atoms with E-state index in [1.165, 1.54) is 0 Å². The third-order valence-corrected chi connectivity index (χ3v) is 3.11. The zero-order valence-electron chi connectivity index (χ0n) is 11.5. The Morgan fingerprint density at radius 2 is 1.86 bits per heavy atom. The van der Waals surface area contributed by atoms with Gasteiger partial charge in [-0.3, -0.25) is 4.79 Å². The summed E-state index contributed by atoms with van der Waals surface area (Å²) < 4.78 is 0. The van der Waals surface area contributed by atoms with Crippen molar-refractivity contribution < 1.29 is 15.0 Å². The highest BCUT2D eigenvalue weighted by atomic mass is 16.3. The zero-order chi connectivity index (χ0) is 15.2. The highest BCUT2D eigenvalue weighted by molar-refractivity contribution is 5.94. The first-order valence-corrected chi connectivity index (χ1v) is 6.62. The number of carbonyl (C=O) groups excluding carboxylic acids is 1. The van der Waals surface area contributed by atoms with Gasteiger partial charge in [0.1, 0.15) is 5.75 Å². The van der Waals surface area contributed by atoms with Crippen molar-refractivity contribution in [1.29, 1.82) is 0 Å². The number of anilines is 1. The SMILES string of the molecule is N[C@@H](Cc1ccc(O)cc1)C(=O)Nc1cccc(CO)c1. The molecule has 5 nitrogen and oxygen atoms in total. The molecule has 0 bridgehead atoms. The van der Waals surface area contributed by atoms with Crippen LogP contribution in [0.25, 0.3) is 0 Å². The third-order valence-electron chi connectivity index (χ3n) is 3.11. The number of hydrogen-bond acceptors (Lipinski definition) is 4. The average molecular weight is 286 g/mol. The number of phenolic OH excluding ortho intramolecular Hbond substituents is 1. The minimum atomic E-state index is -0.688. The lowest BCUT2D eigenvalue weighted by Gasteiger charge is -2.13. The molecule has 0 unspecified atom stereocenters. The summed E-state index contributed by atoms with van der Waals surface area (Å²) >= 11 is 0. The maximum absolute atomic E-state index is 12.0. The molecule has 2 aromatic carbocycles. The van der Waals surface area contributed by atoms with Crippen LogP contribution in [0.15, 0.2) is 48.5 Å². The summed E-state index contributed by atoms with van der Waals surface area (Å²) in [5, 5.41) is 21.0. The van der Waals surface area contributed by atoms with Gasteiger partial charge in [0.2, 0.25) is 5.91 Å². The summed E-state index contributed by atoms with van der Waals surface area (Å²) in [4.78, 5) is 12.0. The number of nitrogens with one attached hydrogen (secondary N) is 1. The first-order chi connectivity index (χ1) is 10.1. The number of amides is 1. The number of aliphatic hydroxyl groups is 1. The van der Waals surface area contributed by atoms with Gasteiger partial charge in [0, 0.05) is 5.69 Å². The molecule has 1 atom stereocenters. The Hall–Kier alpha value is -2.37. The fourth-order valence-electron chi connectivity index (χ4n) is 1.96. The van der Waals surface area contributed by atoms with Crippen molar-refractivity contribution in [3.63, 3.8) is 0 Å². The molecule has 0 radical (unpaired) electrons. The second-order valence-corrected chi connectivity index (χ2v) is 4.82. The van der Waals surface area contributed by atoms with Crippen LogP contribution in [-0.4, -0.2) is 22.2 Å². The van der Waals surface area contributed by atoms with Crippen molar-refractivity contribution in [3.8, 4) is 5.75 Å². The van der Waals surface area contributed by atoms with E-state index in [1.54, 1.807) is 48.5 Å². The molecule has 5 heteroatoms. The van der Waals surface area contributed by atoms with Crippen molar-refractivity contribution in [2.75, 3.05) is 5.32 Å². The number of benzene rings is 2. The highest BCUT2D eigenvalue weighted by Crippen LogP contribution is 2.13. The Bertz CT molecular complexity index is 611. The van der Waals surface area contributed by atoms with Gasteiger partial charge in [-0.2, -0.15) is 0 Å². The van der Waals surface area contributed by atoms with Gasteiger partial charge in [0.05, 0.1) is 12.6 Å². The van der Waals surface area contributed by atoms with E-state index in [0.717, 1.165) is 11.1 Å². The molecule has 5 N–H and O–H groups in total. The van der Waals surface area contributed by atoms with E-state index in [2.05, 4.69) is 5.32 Å². The molecule has 1 amide bonds. The molecular weight excluding hydrogens is 268 g/mol. The molecule has 0 aliphatic rings. The number of carbonyl (C=O) groups is 1. The van der Waals surface area contributed by atoms with Crippen molar-refractivity contribution in [1.82, 2.24) is 0 Å². The van der Waals surface area contributed by atoms with Crippen LogP contribution in [0.3, 0.4) is 0 Å². The minimum Gasteiger partial charge on any atom is -0.508 e. The molecule has 0 saturated heterocycles. The highest BCUT2D eigenvalue weighted by Gasteiger charge is 2.14. The normalized spacial score (nSPS) is 11.9. The Morgan fingerprint density at radius 1 is 1.14 bits per heavy atom. The number of nitrogens with two attached hydrogens (primary N) is 1. The van der Waals surface area contributed by atoms with Crippen LogP contribution < -0.4 is 11.1 Å². The molecule has 0 saturated carbocycles. The first kappa shape index (κ1) is 15.0. The van der Waals surface area contributed by atoms with Crippen LogP contribution in [0.4, 0.5) is 5.69 Å². The van der Waals surface area contributed by atoms with E-state index < -0.39 is 6.04 Å². The number of rotatable bonds is 5. The predicted octanol–water partition coefficient (Wildman–Crippen LogP) is 1.39. The summed E-state index contributed by atoms with van der Waals surface area (Å²) in [5.74, 6) is -0.115. The lowest BCUT2D eigenvalue weighted by molar-refractivity contribution is -0.117. The van der Waals surface area contributed by atoms with E-state index in [4.69, 9.17) is 10.8 Å². The second-order valence-electron chi connectivity index (χ2n) is 4.82. The van der Waals surface area contributed by atoms with Crippen LogP contribution in [-0.2, 0) is 17.8 Å². The maximum Gasteiger partial charge on any atom is 0.241 e. The average Bonchev–Trinajstić information content (AvgIpc) is 2.49. The molecule has 21 heavy (non-hydrogen) atoms. The van der Waals surface area contributed by atoms with E-state index in [0.29, 0.717) is 12.1 Å². The number of aliphatic hydroxyl groups excluding tert-OH is 1. The summed E-state index contributed by atoms with van der Waals surface area (Å²) in [6, 6.07) is 12.9. The van der Waals surface area contributed by atoms with Gasteiger partial charge < -0.3 is 21.3 Å². The molecule has 0 fully saturated rings. The molecule has 2 rings (SSSR count). The molecule has 2 aromatic rings. The van der Waals surface area contributed by atoms with Crippen LogP contribution in [0.2, 0.25) is 0 Å². The topological polar surface area (TPSA) is 95.6 Å². The lowest BCUT2D eigenvalue weighted by atomic mass is 10.1. The molecule has 110 valence electrons. The van der Waals surface area contributed by atoms with E-state index >= 15 is 0 Å². The molecule has 0 aliphatic heterocycles. The van der Waals surface area contributed by atoms with Crippen molar-refractivity contribution >= 4 is 11.6 Å². The molecule has 0 aliphatic carbocycles. The van der Waals surface area contributed by atoms with Gasteiger partial charge in [-0.25, -0.2) is 0 Å². The van der Waals surface area contributed by atoms with Gasteiger partial charge in [-0.15, -0.1) is 0 Å². The van der Waals surface area contributed by atoms with E-state index in [-0.39, 0.29) is 18.3 Å². The molecule has 0 spiro atoms. The number of phenols is 1. The fraction of sp³-hybridized carbons (Fsp3) is 0.188. The van der Waals surface area contributed by atoms with Crippen LogP contribution in [0.5, 0.6) is 5.75 Å². The standard InChI is InChI=1S/C16H18N2O3/c17-15(9-11-4-6-14(20)7-5-11)16(21)18-13-3-1-2-12(8-13)10-19/h1-8,15,19-20H,9-10,17H2,(H,18,21)/t15-/m0/s1. The number of aromatic hydroxyl groups is 1. The van der Waals surface area contributed by atoms with Crippen LogP contribution in [0.1, 0.15) is 11.1 Å². The van der Waals surface area contributed by atoms with Crippen molar-refractivity contribution in [2.45, 2.75) is 19.1 Å². The van der Waals surface area contributed by atoms with Gasteiger partial charge in [-0.05, 0) is 41.8 Å². The van der Waals surface area contributed by atoms with Gasteiger partial charge in [0.15, 0.2) is 0 Å². The smallest absolute Gasteiger partial charge is 0.241 e. The fourth-order valence-corrected chi connectivity index (χ4v) is 1.96. The maximum atomic E-state index is 12.0. The van der Waals surface area contributed by atoms with Crippen LogP contribution >= 0.6 is 0 Å². The summed E-state index contributed by atoms with van der Waals surface area (Å²) in [5.41, 5.74) is 8.08. The third kappa shape index (κ3) is 4.30. The van der Waals surface area contributed by atoms with Gasteiger partial charge >= 0.3 is 0 Å². The summed E-state index contributed by atoms with van der Waals surface area (Å²) in [7, 11) is 0. The quantitative estimate of drug-likeness (QED) is 0.668. The Kier molecular flexibility index (Phi) is 4.92. The van der Waals surface area contributed by atoms with E-state index in [9.17, 15) is 9.90 Å². The Labute approximate surface area is 123 Å². The molecule has 0 aromatic heterocycles. The summed E-state index contributed by atoms with van der Waals surface area (Å²) in [6.45, 7) is -0.0801. The molecular formula is C16H18N2O3. The van der Waals surface area contributed by atoms with Crippen LogP contribution in [0, 0.1) is 0 Å². The van der Waals surface area contributed by atoms with E-state index in [1.807, 2.05) is 0 Å². The largest absolute Gasteiger partial charge is 0.508 e. The predicted molar refractivity (Wildman–Crippen MR) is 80.8 cm³/mol. The van der Waals surface area contributed by atoms with Crippen molar-refractivity contribution in [3.05, 3.63) is 59.7 Å². The lowest BCUT2D eigenvalue weighted by Crippen LogP contribution is -2.37. The number of hydrogen-bond donors (Lipinski definition) is 4. The van der Waals surface area contributed by atoms with Crippen molar-refractivity contribution in [2.24, 2.45) is 5.73 Å². The van der Waals surface area contributed by atoms with Gasteiger partial charge in [0.25, 0.3) is 0 Å². The monoisotopic (exact) mass is 286 g/mol. The zero-order valence-corrected chi connectivity index (χ0v) is 11.5. The van der Waals surface area contributed by atoms with Gasteiger partial charge in [-0.1, -0.05) is 24.3 Å². The summed E-state index contributed by atoms with van der Waals surface area (Å²) in [6.07, 6.45) is 0.381. The minimum absolute atomic E-state index is 0.0801. The second kappa shape index (κ2) is 6.88. The Balaban J connectivity index is 1.97. The first-order valence-electron chi connectivity index (χ1n) is 6.62. The Morgan fingerprint density at radius 3 is 2.52 bits per heavy atom.